The third-order valence-corrected chi connectivity index (χ3v) is 3.05. The van der Waals surface area contributed by atoms with Crippen molar-refractivity contribution in [3.63, 3.8) is 0 Å². The number of ether oxygens (including phenoxy) is 1. The molecule has 0 aliphatic carbocycles. The second kappa shape index (κ2) is 16.0. The number of rotatable bonds is 6. The summed E-state index contributed by atoms with van der Waals surface area (Å²) in [5, 5.41) is 18.1. The van der Waals surface area contributed by atoms with Gasteiger partial charge in [-0.2, -0.15) is 5.48 Å². The molecular weight excluding hydrogens is 344 g/mol. The Morgan fingerprint density at radius 2 is 1.92 bits per heavy atom. The highest BCUT2D eigenvalue weighted by Crippen LogP contribution is 2.03. The van der Waals surface area contributed by atoms with Crippen molar-refractivity contribution in [2.75, 3.05) is 19.7 Å². The van der Waals surface area contributed by atoms with E-state index in [1.54, 1.807) is 6.92 Å². The van der Waals surface area contributed by atoms with E-state index in [-0.39, 0.29) is 0 Å². The first-order valence-corrected chi connectivity index (χ1v) is 8.14. The van der Waals surface area contributed by atoms with E-state index in [0.29, 0.717) is 25.7 Å². The molecule has 1 saturated heterocycles. The molecule has 26 heavy (non-hydrogen) atoms. The quantitative estimate of drug-likeness (QED) is 0.326. The van der Waals surface area contributed by atoms with Crippen LogP contribution in [0.3, 0.4) is 0 Å². The number of carboxylic acid groups (broad SMARTS) is 2. The molecule has 1 atom stereocenters. The molecule has 1 aromatic rings. The third-order valence-electron chi connectivity index (χ3n) is 3.05. The lowest BCUT2D eigenvalue weighted by molar-refractivity contribution is -0.159. The predicted molar refractivity (Wildman–Crippen MR) is 93.2 cm³/mol. The number of nitrogens with one attached hydrogen (secondary N) is 2. The number of benzene rings is 1. The van der Waals surface area contributed by atoms with Crippen LogP contribution in [0, 0.1) is 0 Å². The zero-order valence-electron chi connectivity index (χ0n) is 14.7. The molecule has 0 amide bonds. The molecular formula is C17H26N2O7. The van der Waals surface area contributed by atoms with E-state index in [0.717, 1.165) is 13.1 Å². The van der Waals surface area contributed by atoms with Crippen LogP contribution in [0.15, 0.2) is 30.3 Å². The SMILES string of the molecule is CCOC=O.O=C(O)C(=O)O.c1ccc(CONC2CCCNC2)cc1. The minimum Gasteiger partial charge on any atom is -0.473 e. The number of carbonyl (C=O) groups is 3. The lowest BCUT2D eigenvalue weighted by Crippen LogP contribution is -2.42. The molecule has 1 aliphatic rings. The average molecular weight is 370 g/mol. The monoisotopic (exact) mass is 370 g/mol. The molecule has 1 aliphatic heterocycles. The summed E-state index contributed by atoms with van der Waals surface area (Å²) in [5.74, 6) is -3.65. The lowest BCUT2D eigenvalue weighted by atomic mass is 10.1. The Labute approximate surface area is 152 Å². The third kappa shape index (κ3) is 13.9. The van der Waals surface area contributed by atoms with E-state index >= 15 is 0 Å². The van der Waals surface area contributed by atoms with E-state index in [9.17, 15) is 4.79 Å². The molecule has 0 aromatic heterocycles. The van der Waals surface area contributed by atoms with Crippen LogP contribution in [0.4, 0.5) is 0 Å². The van der Waals surface area contributed by atoms with Crippen LogP contribution in [0.1, 0.15) is 25.3 Å². The minimum atomic E-state index is -1.82. The van der Waals surface area contributed by atoms with E-state index in [2.05, 4.69) is 27.7 Å². The van der Waals surface area contributed by atoms with Gasteiger partial charge in [0, 0.05) is 12.6 Å². The van der Waals surface area contributed by atoms with Gasteiger partial charge in [0.25, 0.3) is 6.47 Å². The maximum Gasteiger partial charge on any atom is 0.414 e. The Morgan fingerprint density at radius 3 is 2.35 bits per heavy atom. The summed E-state index contributed by atoms with van der Waals surface area (Å²) in [4.78, 5) is 32.9. The van der Waals surface area contributed by atoms with E-state index < -0.39 is 11.9 Å². The van der Waals surface area contributed by atoms with Crippen molar-refractivity contribution >= 4 is 18.4 Å². The van der Waals surface area contributed by atoms with Crippen molar-refractivity contribution in [3.8, 4) is 0 Å². The molecule has 1 fully saturated rings. The van der Waals surface area contributed by atoms with Crippen molar-refractivity contribution < 1.29 is 34.2 Å². The first kappa shape index (κ1) is 23.5. The zero-order chi connectivity index (χ0) is 19.6. The number of carbonyl (C=O) groups excluding carboxylic acids is 1. The number of carboxylic acids is 2. The fourth-order valence-electron chi connectivity index (χ4n) is 1.84. The Kier molecular flexibility index (Phi) is 14.5. The minimum absolute atomic E-state index is 0.431. The Balaban J connectivity index is 0.000000474. The van der Waals surface area contributed by atoms with Crippen molar-refractivity contribution in [2.45, 2.75) is 32.4 Å². The first-order chi connectivity index (χ1) is 12.5. The van der Waals surface area contributed by atoms with E-state index in [1.807, 2.05) is 18.2 Å². The van der Waals surface area contributed by atoms with Crippen LogP contribution < -0.4 is 10.8 Å². The molecule has 146 valence electrons. The first-order valence-electron chi connectivity index (χ1n) is 8.14. The summed E-state index contributed by atoms with van der Waals surface area (Å²) >= 11 is 0. The Morgan fingerprint density at radius 1 is 1.27 bits per heavy atom. The highest BCUT2D eigenvalue weighted by molar-refractivity contribution is 6.27. The lowest BCUT2D eigenvalue weighted by Gasteiger charge is -2.23. The highest BCUT2D eigenvalue weighted by Gasteiger charge is 2.11. The summed E-state index contributed by atoms with van der Waals surface area (Å²) in [5.41, 5.74) is 4.31. The normalized spacial score (nSPS) is 15.3. The van der Waals surface area contributed by atoms with Crippen molar-refractivity contribution in [3.05, 3.63) is 35.9 Å². The summed E-state index contributed by atoms with van der Waals surface area (Å²) in [7, 11) is 0. The molecule has 4 N–H and O–H groups in total. The van der Waals surface area contributed by atoms with Gasteiger partial charge in [0.05, 0.1) is 13.2 Å². The molecule has 0 radical (unpaired) electrons. The molecule has 9 heteroatoms. The van der Waals surface area contributed by atoms with Crippen LogP contribution in [0.5, 0.6) is 0 Å². The maximum atomic E-state index is 9.18. The molecule has 2 rings (SSSR count). The molecule has 1 heterocycles. The topological polar surface area (TPSA) is 134 Å². The van der Waals surface area contributed by atoms with Gasteiger partial charge in [0.2, 0.25) is 0 Å². The Hall–Kier alpha value is -2.49. The van der Waals surface area contributed by atoms with Crippen molar-refractivity contribution in [2.24, 2.45) is 0 Å². The molecule has 9 nitrogen and oxygen atoms in total. The average Bonchev–Trinajstić information content (AvgIpc) is 2.65. The van der Waals surface area contributed by atoms with Gasteiger partial charge in [-0.25, -0.2) is 9.59 Å². The van der Waals surface area contributed by atoms with Crippen LogP contribution in [-0.2, 0) is 30.6 Å². The second-order valence-corrected chi connectivity index (χ2v) is 5.10. The summed E-state index contributed by atoms with van der Waals surface area (Å²) in [6.45, 7) is 5.45. The summed E-state index contributed by atoms with van der Waals surface area (Å²) < 4.78 is 4.15. The van der Waals surface area contributed by atoms with Gasteiger partial charge in [-0.05, 0) is 31.9 Å². The summed E-state index contributed by atoms with van der Waals surface area (Å²) in [6, 6.07) is 10.7. The van der Waals surface area contributed by atoms with E-state index in [4.69, 9.17) is 24.6 Å². The fraction of sp³-hybridized carbons (Fsp3) is 0.471. The Bertz CT molecular complexity index is 493. The molecule has 1 aromatic carbocycles. The van der Waals surface area contributed by atoms with Gasteiger partial charge >= 0.3 is 11.9 Å². The summed E-state index contributed by atoms with van der Waals surface area (Å²) in [6.07, 6.45) is 2.42. The fourth-order valence-corrected chi connectivity index (χ4v) is 1.84. The van der Waals surface area contributed by atoms with Crippen LogP contribution >= 0.6 is 0 Å². The molecule has 0 spiro atoms. The molecule has 0 bridgehead atoms. The predicted octanol–water partition coefficient (Wildman–Crippen LogP) is 0.795. The molecule has 1 unspecified atom stereocenters. The van der Waals surface area contributed by atoms with Crippen LogP contribution in [0.25, 0.3) is 0 Å². The second-order valence-electron chi connectivity index (χ2n) is 5.10. The number of piperidine rings is 1. The van der Waals surface area contributed by atoms with Crippen LogP contribution in [0.2, 0.25) is 0 Å². The highest BCUT2D eigenvalue weighted by atomic mass is 16.6. The standard InChI is InChI=1S/C12H18N2O.C3H6O2.C2H2O4/c1-2-5-11(6-3-1)10-15-14-12-7-4-8-13-9-12;1-2-5-3-4;3-1(4)2(5)6/h1-3,5-6,12-14H,4,7-10H2;3H,2H2,1H3;(H,3,4)(H,5,6). The number of hydrogen-bond acceptors (Lipinski definition) is 7. The number of hydroxylamine groups is 1. The number of aliphatic carboxylic acids is 2. The van der Waals surface area contributed by atoms with Crippen LogP contribution in [-0.4, -0.2) is 54.4 Å². The zero-order valence-corrected chi connectivity index (χ0v) is 14.7. The van der Waals surface area contributed by atoms with Crippen molar-refractivity contribution in [1.29, 1.82) is 0 Å². The van der Waals surface area contributed by atoms with Gasteiger partial charge in [-0.15, -0.1) is 0 Å². The van der Waals surface area contributed by atoms with Crippen molar-refractivity contribution in [1.82, 2.24) is 10.8 Å². The van der Waals surface area contributed by atoms with Gasteiger partial charge in [-0.1, -0.05) is 30.3 Å². The molecule has 0 saturated carbocycles. The van der Waals surface area contributed by atoms with Gasteiger partial charge in [0.15, 0.2) is 0 Å². The number of hydrogen-bond donors (Lipinski definition) is 4. The van der Waals surface area contributed by atoms with Gasteiger partial charge < -0.3 is 20.3 Å². The smallest absolute Gasteiger partial charge is 0.414 e. The van der Waals surface area contributed by atoms with E-state index in [1.165, 1.54) is 18.4 Å². The van der Waals surface area contributed by atoms with Gasteiger partial charge in [0.1, 0.15) is 0 Å². The largest absolute Gasteiger partial charge is 0.473 e. The van der Waals surface area contributed by atoms with Gasteiger partial charge in [-0.3, -0.25) is 9.63 Å². The maximum absolute atomic E-state index is 9.18.